The summed E-state index contributed by atoms with van der Waals surface area (Å²) in [7, 11) is 0. The zero-order valence-electron chi connectivity index (χ0n) is 25.0. The number of aromatic hydroxyl groups is 1. The van der Waals surface area contributed by atoms with E-state index in [2.05, 4.69) is 17.2 Å². The molecule has 0 fully saturated rings. The number of aliphatic hydroxyl groups excluding tert-OH is 2. The van der Waals surface area contributed by atoms with Gasteiger partial charge in [-0.3, -0.25) is 15.1 Å². The molecule has 0 amide bonds. The molecule has 43 heavy (non-hydrogen) atoms. The van der Waals surface area contributed by atoms with E-state index in [9.17, 15) is 20.1 Å². The molecule has 3 heterocycles. The highest BCUT2D eigenvalue weighted by molar-refractivity contribution is 6.09. The minimum Gasteiger partial charge on any atom is -0.504 e. The van der Waals surface area contributed by atoms with Crippen LogP contribution in [-0.4, -0.2) is 57.6 Å². The third-order valence-corrected chi connectivity index (χ3v) is 8.58. The molecule has 3 aliphatic heterocycles. The quantitative estimate of drug-likeness (QED) is 0.197. The number of unbranched alkanes of at least 4 members (excludes halogenated alkanes) is 2. The van der Waals surface area contributed by atoms with Crippen LogP contribution in [0, 0.1) is 0 Å². The third-order valence-electron chi connectivity index (χ3n) is 8.58. The highest BCUT2D eigenvalue weighted by atomic mass is 16.5. The molecular formula is C34H44N4O5. The number of rotatable bonds is 15. The van der Waals surface area contributed by atoms with Crippen LogP contribution >= 0.6 is 0 Å². The number of hydrogen-bond donors (Lipinski definition) is 5. The Morgan fingerprint density at radius 1 is 1.26 bits per heavy atom. The van der Waals surface area contributed by atoms with Gasteiger partial charge in [-0.2, -0.15) is 0 Å². The number of nitrogens with zero attached hydrogens (tertiary/aromatic N) is 2. The summed E-state index contributed by atoms with van der Waals surface area (Å²) in [5.74, 6) is 0.455. The second kappa shape index (κ2) is 14.3. The topological polar surface area (TPSA) is 141 Å². The molecule has 3 aliphatic rings. The number of hydrogen-bond acceptors (Lipinski definition) is 9. The Kier molecular flexibility index (Phi) is 10.3. The predicted octanol–water partition coefficient (Wildman–Crippen LogP) is 3.94. The number of carbonyl (C=O) groups excluding carboxylic acids is 1. The summed E-state index contributed by atoms with van der Waals surface area (Å²) in [5, 5.41) is 33.9. The van der Waals surface area contributed by atoms with Crippen LogP contribution in [0.5, 0.6) is 11.5 Å². The van der Waals surface area contributed by atoms with E-state index in [1.807, 2.05) is 29.4 Å². The Bertz CT molecular complexity index is 1420. The van der Waals surface area contributed by atoms with Crippen molar-refractivity contribution in [3.63, 3.8) is 0 Å². The van der Waals surface area contributed by atoms with Gasteiger partial charge in [-0.1, -0.05) is 44.4 Å². The van der Waals surface area contributed by atoms with Gasteiger partial charge in [0.2, 0.25) is 0 Å². The minimum atomic E-state index is -0.572. The van der Waals surface area contributed by atoms with Gasteiger partial charge in [0, 0.05) is 43.8 Å². The van der Waals surface area contributed by atoms with E-state index in [0.717, 1.165) is 71.3 Å². The summed E-state index contributed by atoms with van der Waals surface area (Å²) in [6.07, 6.45) is 9.52. The summed E-state index contributed by atoms with van der Waals surface area (Å²) in [4.78, 5) is 19.1. The first-order valence-corrected chi connectivity index (χ1v) is 15.5. The van der Waals surface area contributed by atoms with Crippen molar-refractivity contribution in [1.29, 1.82) is 0 Å². The lowest BCUT2D eigenvalue weighted by Gasteiger charge is -2.27. The molecule has 2 aromatic carbocycles. The Labute approximate surface area is 253 Å². The van der Waals surface area contributed by atoms with Crippen molar-refractivity contribution in [3.05, 3.63) is 81.7 Å². The molecule has 0 saturated carbocycles. The molecule has 0 bridgehead atoms. The maximum atomic E-state index is 12.4. The van der Waals surface area contributed by atoms with Crippen LogP contribution < -0.4 is 15.8 Å². The van der Waals surface area contributed by atoms with E-state index in [0.29, 0.717) is 38.0 Å². The Hall–Kier alpha value is -3.50. The highest BCUT2D eigenvalue weighted by Gasteiger charge is 2.29. The van der Waals surface area contributed by atoms with Crippen molar-refractivity contribution in [2.75, 3.05) is 19.8 Å². The number of fused-ring (bicyclic) bond motifs is 2. The lowest BCUT2D eigenvalue weighted by Crippen LogP contribution is -2.36. The minimum absolute atomic E-state index is 0.0248. The number of nitrogens with one attached hydrogen (secondary N) is 1. The molecule has 0 radical (unpaired) electrons. The second-order valence-electron chi connectivity index (χ2n) is 11.8. The van der Waals surface area contributed by atoms with Crippen LogP contribution in [0.2, 0.25) is 0 Å². The van der Waals surface area contributed by atoms with Gasteiger partial charge < -0.3 is 30.7 Å². The zero-order valence-corrected chi connectivity index (χ0v) is 25.0. The molecule has 5 rings (SSSR count). The Morgan fingerprint density at radius 3 is 2.93 bits per heavy atom. The molecule has 2 aromatic rings. The van der Waals surface area contributed by atoms with Gasteiger partial charge in [0.05, 0.1) is 31.1 Å². The normalized spacial score (nSPS) is 18.1. The van der Waals surface area contributed by atoms with Crippen molar-refractivity contribution >= 4 is 11.5 Å². The van der Waals surface area contributed by atoms with Gasteiger partial charge in [0.25, 0.3) is 0 Å². The van der Waals surface area contributed by atoms with E-state index in [1.54, 1.807) is 18.2 Å². The van der Waals surface area contributed by atoms with Gasteiger partial charge in [-0.15, -0.1) is 0 Å². The molecule has 6 N–H and O–H groups in total. The number of aliphatic hydroxyl groups is 2. The van der Waals surface area contributed by atoms with E-state index in [4.69, 9.17) is 10.5 Å². The number of Topliss-reactive ketones (excluding diaryl/α,β-unsaturated/α-hetero) is 1. The number of aryl methyl sites for hydroxylation is 1. The average molecular weight is 589 g/mol. The maximum Gasteiger partial charge on any atom is 0.163 e. The summed E-state index contributed by atoms with van der Waals surface area (Å²) < 4.78 is 6.01. The molecule has 2 atom stereocenters. The molecular weight excluding hydrogens is 544 g/mol. The van der Waals surface area contributed by atoms with Gasteiger partial charge >= 0.3 is 0 Å². The zero-order chi connectivity index (χ0) is 30.3. The second-order valence-corrected chi connectivity index (χ2v) is 11.8. The largest absolute Gasteiger partial charge is 0.504 e. The van der Waals surface area contributed by atoms with Gasteiger partial charge in [0.15, 0.2) is 18.2 Å². The third kappa shape index (κ3) is 7.54. The van der Waals surface area contributed by atoms with E-state index < -0.39 is 6.10 Å². The van der Waals surface area contributed by atoms with Crippen molar-refractivity contribution in [3.8, 4) is 11.5 Å². The number of ketones is 1. The van der Waals surface area contributed by atoms with Crippen LogP contribution in [0.15, 0.2) is 58.9 Å². The van der Waals surface area contributed by atoms with Crippen LogP contribution in [-0.2, 0) is 30.7 Å². The first kappa shape index (κ1) is 30.9. The molecule has 230 valence electrons. The number of aliphatic imine (C=N–C) groups is 1. The van der Waals surface area contributed by atoms with Gasteiger partial charge in [-0.05, 0) is 64.8 Å². The highest BCUT2D eigenvalue weighted by Crippen LogP contribution is 2.34. The van der Waals surface area contributed by atoms with E-state index >= 15 is 0 Å². The van der Waals surface area contributed by atoms with Crippen LogP contribution in [0.3, 0.4) is 0 Å². The number of allylic oxidation sites excluding steroid dienone is 1. The van der Waals surface area contributed by atoms with E-state index in [1.165, 1.54) is 5.56 Å². The molecule has 9 nitrogen and oxygen atoms in total. The molecule has 0 aromatic heterocycles. The maximum absolute atomic E-state index is 12.4. The lowest BCUT2D eigenvalue weighted by atomic mass is 9.86. The molecule has 9 heteroatoms. The standard InChI is InChI=1S/C34H44N4O5/c1-2-3-4-5-25(40)16-26(41)9-6-22-7-11-32(42)33(14-22)43-21-38-18-30-24(17-37-31(30)19-38)15-29-23(20-39)8-10-28-27(29)12-13-36-34(28)35/h7-8,10-11,14,17-18,25,34,36,39-40,42H,2-6,9,12-13,15-16,19-21,35H2,1H3. The fraction of sp³-hybridized carbons (Fsp3) is 0.471. The van der Waals surface area contributed by atoms with Crippen LogP contribution in [0.1, 0.15) is 79.4 Å². The first-order valence-electron chi connectivity index (χ1n) is 15.5. The van der Waals surface area contributed by atoms with E-state index in [-0.39, 0.29) is 37.5 Å². The van der Waals surface area contributed by atoms with Gasteiger partial charge in [-0.25, -0.2) is 0 Å². The number of phenols is 1. The lowest BCUT2D eigenvalue weighted by molar-refractivity contribution is -0.121. The monoisotopic (exact) mass is 588 g/mol. The number of nitrogens with two attached hydrogens (primary N) is 1. The number of benzene rings is 2. The fourth-order valence-corrected chi connectivity index (χ4v) is 6.14. The molecule has 0 saturated heterocycles. The average Bonchev–Trinajstić information content (AvgIpc) is 3.57. The molecule has 0 spiro atoms. The van der Waals surface area contributed by atoms with Crippen molar-refractivity contribution in [1.82, 2.24) is 10.2 Å². The van der Waals surface area contributed by atoms with Crippen molar-refractivity contribution < 1.29 is 24.9 Å². The summed E-state index contributed by atoms with van der Waals surface area (Å²) in [6.45, 7) is 3.73. The van der Waals surface area contributed by atoms with Crippen molar-refractivity contribution in [2.45, 2.75) is 83.6 Å². The summed E-state index contributed by atoms with van der Waals surface area (Å²) in [6, 6.07) is 9.16. The molecule has 0 aliphatic carbocycles. The smallest absolute Gasteiger partial charge is 0.163 e. The Balaban J connectivity index is 1.17. The number of phenolic OH excluding ortho intramolecular Hbond substituents is 1. The first-order chi connectivity index (χ1) is 20.9. The van der Waals surface area contributed by atoms with Gasteiger partial charge in [0.1, 0.15) is 5.78 Å². The number of ether oxygens (including phenoxy) is 1. The molecule has 2 unspecified atom stereocenters. The van der Waals surface area contributed by atoms with Crippen molar-refractivity contribution in [2.24, 2.45) is 10.7 Å². The van der Waals surface area contributed by atoms with Crippen LogP contribution in [0.25, 0.3) is 0 Å². The number of carbonyl (C=O) groups is 1. The van der Waals surface area contributed by atoms with Crippen LogP contribution in [0.4, 0.5) is 0 Å². The SMILES string of the molecule is CCCCCC(O)CC(=O)CCc1ccc(O)c(OCN2C=C3C(Cc4c(CO)ccc5c4CCNC5N)=CN=C3C2)c1. The Morgan fingerprint density at radius 2 is 2.12 bits per heavy atom. The fourth-order valence-electron chi connectivity index (χ4n) is 6.14. The summed E-state index contributed by atoms with van der Waals surface area (Å²) >= 11 is 0. The summed E-state index contributed by atoms with van der Waals surface area (Å²) in [5.41, 5.74) is 14.7. The predicted molar refractivity (Wildman–Crippen MR) is 167 cm³/mol.